The molecule has 6 nitrogen and oxygen atoms in total. The number of carbonyl (C=O) groups excluding carboxylic acids is 1. The highest BCUT2D eigenvalue weighted by molar-refractivity contribution is 7.09. The molecule has 0 bridgehead atoms. The van der Waals surface area contributed by atoms with E-state index in [2.05, 4.69) is 22.5 Å². The lowest BCUT2D eigenvalue weighted by Crippen LogP contribution is -2.44. The van der Waals surface area contributed by atoms with Gasteiger partial charge in [-0.2, -0.15) is 0 Å². The third-order valence-electron chi connectivity index (χ3n) is 3.75. The largest absolute Gasteiger partial charge is 0.476 e. The molecule has 0 aromatic carbocycles. The lowest BCUT2D eigenvalue weighted by Gasteiger charge is -2.26. The Kier molecular flexibility index (Phi) is 5.55. The van der Waals surface area contributed by atoms with Gasteiger partial charge in [0.15, 0.2) is 5.69 Å². The number of hydrogen-bond donors (Lipinski definition) is 3. The van der Waals surface area contributed by atoms with Crippen LogP contribution in [0.1, 0.15) is 48.1 Å². The van der Waals surface area contributed by atoms with Crippen molar-refractivity contribution in [3.63, 3.8) is 0 Å². The number of aromatic carboxylic acids is 1. The first-order valence-electron chi connectivity index (χ1n) is 7.26. The van der Waals surface area contributed by atoms with Crippen LogP contribution < -0.4 is 10.6 Å². The Morgan fingerprint density at radius 2 is 2.10 bits per heavy atom. The number of aromatic nitrogens is 1. The third kappa shape index (κ3) is 5.00. The summed E-state index contributed by atoms with van der Waals surface area (Å²) in [6, 6.07) is 0.129. The summed E-state index contributed by atoms with van der Waals surface area (Å²) in [6.07, 6.45) is 4.98. The normalized spacial score (nSPS) is 21.8. The van der Waals surface area contributed by atoms with Crippen molar-refractivity contribution in [2.45, 2.75) is 45.1 Å². The van der Waals surface area contributed by atoms with Gasteiger partial charge in [-0.25, -0.2) is 14.6 Å². The summed E-state index contributed by atoms with van der Waals surface area (Å²) in [4.78, 5) is 26.4. The second-order valence-corrected chi connectivity index (χ2v) is 6.48. The van der Waals surface area contributed by atoms with Crippen molar-refractivity contribution in [3.8, 4) is 0 Å². The average Bonchev–Trinajstić information content (AvgIpc) is 2.90. The maximum Gasteiger partial charge on any atom is 0.355 e. The monoisotopic (exact) mass is 311 g/mol. The van der Waals surface area contributed by atoms with Gasteiger partial charge < -0.3 is 15.7 Å². The predicted molar refractivity (Wildman–Crippen MR) is 80.7 cm³/mol. The zero-order valence-electron chi connectivity index (χ0n) is 12.1. The number of thiazole rings is 1. The minimum atomic E-state index is -1.02. The molecule has 0 saturated heterocycles. The molecule has 3 N–H and O–H groups in total. The SMILES string of the molecule is CC1CCC(NC(=O)NCCc2nc(C(=O)O)cs2)CC1. The van der Waals surface area contributed by atoms with E-state index in [0.29, 0.717) is 13.0 Å². The molecule has 2 amide bonds. The van der Waals surface area contributed by atoms with Crippen LogP contribution >= 0.6 is 11.3 Å². The molecule has 1 heterocycles. The number of amides is 2. The highest BCUT2D eigenvalue weighted by atomic mass is 32.1. The number of rotatable bonds is 5. The van der Waals surface area contributed by atoms with E-state index in [1.165, 1.54) is 29.6 Å². The van der Waals surface area contributed by atoms with E-state index in [-0.39, 0.29) is 17.8 Å². The quantitative estimate of drug-likeness (QED) is 0.778. The molecule has 21 heavy (non-hydrogen) atoms. The lowest BCUT2D eigenvalue weighted by molar-refractivity contribution is 0.0691. The molecule has 1 aromatic heterocycles. The molecule has 1 aliphatic rings. The van der Waals surface area contributed by atoms with Crippen molar-refractivity contribution in [2.24, 2.45) is 5.92 Å². The summed E-state index contributed by atoms with van der Waals surface area (Å²) < 4.78 is 0. The molecule has 7 heteroatoms. The van der Waals surface area contributed by atoms with Gasteiger partial charge in [0.1, 0.15) is 0 Å². The van der Waals surface area contributed by atoms with Gasteiger partial charge in [-0.3, -0.25) is 0 Å². The molecule has 1 saturated carbocycles. The van der Waals surface area contributed by atoms with E-state index in [9.17, 15) is 9.59 Å². The Labute approximate surface area is 128 Å². The van der Waals surface area contributed by atoms with Gasteiger partial charge in [-0.05, 0) is 31.6 Å². The smallest absolute Gasteiger partial charge is 0.355 e. The summed E-state index contributed by atoms with van der Waals surface area (Å²) in [7, 11) is 0. The van der Waals surface area contributed by atoms with Crippen LogP contribution in [0.2, 0.25) is 0 Å². The molecule has 1 aromatic rings. The molecule has 116 valence electrons. The topological polar surface area (TPSA) is 91.3 Å². The Balaban J connectivity index is 1.65. The summed E-state index contributed by atoms with van der Waals surface area (Å²) >= 11 is 1.30. The second-order valence-electron chi connectivity index (χ2n) is 5.54. The fourth-order valence-corrected chi connectivity index (χ4v) is 3.22. The van der Waals surface area contributed by atoms with E-state index in [4.69, 9.17) is 5.11 Å². The third-order valence-corrected chi connectivity index (χ3v) is 4.65. The van der Waals surface area contributed by atoms with Gasteiger partial charge in [-0.15, -0.1) is 11.3 Å². The van der Waals surface area contributed by atoms with Crippen LogP contribution in [0.3, 0.4) is 0 Å². The predicted octanol–water partition coefficient (Wildman–Crippen LogP) is 2.26. The van der Waals surface area contributed by atoms with E-state index < -0.39 is 5.97 Å². The van der Waals surface area contributed by atoms with Crippen molar-refractivity contribution in [2.75, 3.05) is 6.54 Å². The maximum atomic E-state index is 11.8. The van der Waals surface area contributed by atoms with Crippen molar-refractivity contribution in [3.05, 3.63) is 16.1 Å². The van der Waals surface area contributed by atoms with E-state index >= 15 is 0 Å². The van der Waals surface area contributed by atoms with Crippen LogP contribution in [-0.4, -0.2) is 34.7 Å². The molecule has 2 rings (SSSR count). The molecule has 1 fully saturated rings. The molecule has 1 aliphatic carbocycles. The standard InChI is InChI=1S/C14H21N3O3S/c1-9-2-4-10(5-3-9)16-14(20)15-7-6-12-17-11(8-21-12)13(18)19/h8-10H,2-7H2,1H3,(H,18,19)(H2,15,16,20). The molecule has 0 spiro atoms. The van der Waals surface area contributed by atoms with Crippen LogP contribution in [0.15, 0.2) is 5.38 Å². The van der Waals surface area contributed by atoms with Crippen LogP contribution in [-0.2, 0) is 6.42 Å². The maximum absolute atomic E-state index is 11.8. The fourth-order valence-electron chi connectivity index (χ4n) is 2.45. The summed E-state index contributed by atoms with van der Waals surface area (Å²) in [5, 5.41) is 16.8. The Hall–Kier alpha value is -1.63. The van der Waals surface area contributed by atoms with Crippen LogP contribution in [0.5, 0.6) is 0 Å². The number of hydrogen-bond acceptors (Lipinski definition) is 4. The first kappa shape index (κ1) is 15.8. The highest BCUT2D eigenvalue weighted by Gasteiger charge is 2.19. The van der Waals surface area contributed by atoms with Gasteiger partial charge in [0.05, 0.1) is 5.01 Å². The summed E-state index contributed by atoms with van der Waals surface area (Å²) in [5.41, 5.74) is 0.0655. The zero-order chi connectivity index (χ0) is 15.2. The summed E-state index contributed by atoms with van der Waals surface area (Å²) in [5.74, 6) is -0.255. The van der Waals surface area contributed by atoms with Crippen molar-refractivity contribution >= 4 is 23.3 Å². The molecule has 0 atom stereocenters. The van der Waals surface area contributed by atoms with Crippen molar-refractivity contribution in [1.29, 1.82) is 0 Å². The highest BCUT2D eigenvalue weighted by Crippen LogP contribution is 2.23. The van der Waals surface area contributed by atoms with Gasteiger partial charge in [0, 0.05) is 24.4 Å². The Morgan fingerprint density at radius 3 is 2.71 bits per heavy atom. The Bertz CT molecular complexity index is 495. The van der Waals surface area contributed by atoms with E-state index in [0.717, 1.165) is 23.8 Å². The minimum absolute atomic E-state index is 0.0655. The molecule has 0 aliphatic heterocycles. The van der Waals surface area contributed by atoms with Gasteiger partial charge in [0.25, 0.3) is 0 Å². The fraction of sp³-hybridized carbons (Fsp3) is 0.643. The minimum Gasteiger partial charge on any atom is -0.476 e. The molecular weight excluding hydrogens is 290 g/mol. The van der Waals surface area contributed by atoms with Crippen LogP contribution in [0.4, 0.5) is 4.79 Å². The van der Waals surface area contributed by atoms with Gasteiger partial charge in [-0.1, -0.05) is 6.92 Å². The van der Waals surface area contributed by atoms with Crippen molar-refractivity contribution in [1.82, 2.24) is 15.6 Å². The average molecular weight is 311 g/mol. The number of nitrogens with zero attached hydrogens (tertiary/aromatic N) is 1. The van der Waals surface area contributed by atoms with Gasteiger partial charge >= 0.3 is 12.0 Å². The first-order valence-corrected chi connectivity index (χ1v) is 8.14. The molecular formula is C14H21N3O3S. The number of urea groups is 1. The van der Waals surface area contributed by atoms with Crippen molar-refractivity contribution < 1.29 is 14.7 Å². The van der Waals surface area contributed by atoms with Crippen LogP contribution in [0, 0.1) is 5.92 Å². The second kappa shape index (κ2) is 7.40. The number of carboxylic acids is 1. The van der Waals surface area contributed by atoms with Gasteiger partial charge in [0.2, 0.25) is 0 Å². The van der Waals surface area contributed by atoms with Crippen LogP contribution in [0.25, 0.3) is 0 Å². The molecule has 0 radical (unpaired) electrons. The van der Waals surface area contributed by atoms with E-state index in [1.54, 1.807) is 0 Å². The number of nitrogens with one attached hydrogen (secondary N) is 2. The lowest BCUT2D eigenvalue weighted by atomic mass is 9.87. The Morgan fingerprint density at radius 1 is 1.38 bits per heavy atom. The zero-order valence-corrected chi connectivity index (χ0v) is 12.9. The van der Waals surface area contributed by atoms with E-state index in [1.807, 2.05) is 0 Å². The number of carbonyl (C=O) groups is 2. The number of carboxylic acid groups (broad SMARTS) is 1. The summed E-state index contributed by atoms with van der Waals surface area (Å²) in [6.45, 7) is 2.71. The molecule has 0 unspecified atom stereocenters. The first-order chi connectivity index (χ1) is 10.0.